The van der Waals surface area contributed by atoms with Gasteiger partial charge in [-0.15, -0.1) is 0 Å². The topological polar surface area (TPSA) is 58.4 Å². The third-order valence-electron chi connectivity index (χ3n) is 6.80. The Hall–Kier alpha value is -2.92. The van der Waals surface area contributed by atoms with Crippen molar-refractivity contribution in [3.05, 3.63) is 88.3 Å². The molecular weight excluding hydrogens is 386 g/mol. The SMILES string of the molecule is Cc1cc(C(=O)N[C@@H]2c3ccccc3[C@@H]3CN(Cc4ccc(C(C)C)cc4)C[C@H]23)no1. The van der Waals surface area contributed by atoms with Gasteiger partial charge in [-0.1, -0.05) is 67.5 Å². The van der Waals surface area contributed by atoms with Crippen LogP contribution < -0.4 is 5.32 Å². The maximum atomic E-state index is 12.8. The van der Waals surface area contributed by atoms with Crippen LogP contribution in [0.3, 0.4) is 0 Å². The fourth-order valence-electron chi connectivity index (χ4n) is 5.21. The molecule has 3 atom stereocenters. The molecule has 1 aliphatic carbocycles. The fourth-order valence-corrected chi connectivity index (χ4v) is 5.21. The number of rotatable bonds is 5. The van der Waals surface area contributed by atoms with E-state index in [0.717, 1.165) is 19.6 Å². The molecule has 5 nitrogen and oxygen atoms in total. The van der Waals surface area contributed by atoms with E-state index < -0.39 is 0 Å². The zero-order chi connectivity index (χ0) is 21.5. The van der Waals surface area contributed by atoms with Gasteiger partial charge in [-0.2, -0.15) is 0 Å². The minimum atomic E-state index is -0.167. The summed E-state index contributed by atoms with van der Waals surface area (Å²) in [7, 11) is 0. The van der Waals surface area contributed by atoms with E-state index in [-0.39, 0.29) is 11.9 Å². The van der Waals surface area contributed by atoms with Gasteiger partial charge in [0.15, 0.2) is 5.69 Å². The summed E-state index contributed by atoms with van der Waals surface area (Å²) < 4.78 is 5.09. The molecule has 1 saturated heterocycles. The van der Waals surface area contributed by atoms with Crippen molar-refractivity contribution in [2.45, 2.75) is 45.2 Å². The summed E-state index contributed by atoms with van der Waals surface area (Å²) in [6.07, 6.45) is 0. The number of nitrogens with one attached hydrogen (secondary N) is 1. The molecule has 31 heavy (non-hydrogen) atoms. The largest absolute Gasteiger partial charge is 0.361 e. The molecule has 2 heterocycles. The van der Waals surface area contributed by atoms with Gasteiger partial charge in [0.1, 0.15) is 5.76 Å². The standard InChI is InChI=1S/C26H29N3O2/c1-16(2)19-10-8-18(9-11-19)13-29-14-22-20-6-4-5-7-21(20)25(23(22)15-29)27-26(30)24-12-17(3)31-28-24/h4-12,16,22-23,25H,13-15H2,1-3H3,(H,27,30)/t22-,23-,25+/m0/s1. The van der Waals surface area contributed by atoms with Gasteiger partial charge in [0, 0.05) is 37.5 Å². The molecule has 1 N–H and O–H groups in total. The molecule has 0 saturated carbocycles. The molecule has 1 fully saturated rings. The van der Waals surface area contributed by atoms with Crippen LogP contribution in [0.2, 0.25) is 0 Å². The van der Waals surface area contributed by atoms with E-state index in [1.807, 2.05) is 0 Å². The zero-order valence-electron chi connectivity index (χ0n) is 18.3. The Balaban J connectivity index is 1.34. The van der Waals surface area contributed by atoms with Crippen LogP contribution in [0.5, 0.6) is 0 Å². The Kier molecular flexibility index (Phi) is 5.14. The summed E-state index contributed by atoms with van der Waals surface area (Å²) in [5.74, 6) is 1.83. The molecule has 2 aliphatic rings. The van der Waals surface area contributed by atoms with Crippen molar-refractivity contribution in [3.63, 3.8) is 0 Å². The highest BCUT2D eigenvalue weighted by atomic mass is 16.5. The predicted molar refractivity (Wildman–Crippen MR) is 120 cm³/mol. The highest BCUT2D eigenvalue weighted by Gasteiger charge is 2.46. The zero-order valence-corrected chi connectivity index (χ0v) is 18.3. The molecule has 5 rings (SSSR count). The number of benzene rings is 2. The molecule has 5 heteroatoms. The number of carbonyl (C=O) groups is 1. The lowest BCUT2D eigenvalue weighted by Crippen LogP contribution is -2.33. The van der Waals surface area contributed by atoms with Crippen LogP contribution in [0, 0.1) is 12.8 Å². The first-order chi connectivity index (χ1) is 15.0. The van der Waals surface area contributed by atoms with E-state index in [1.54, 1.807) is 13.0 Å². The summed E-state index contributed by atoms with van der Waals surface area (Å²) in [6.45, 7) is 9.17. The molecule has 3 aromatic rings. The molecule has 1 aromatic heterocycles. The average molecular weight is 416 g/mol. The second kappa shape index (κ2) is 7.97. The van der Waals surface area contributed by atoms with Crippen LogP contribution in [0.15, 0.2) is 59.1 Å². The monoisotopic (exact) mass is 415 g/mol. The Morgan fingerprint density at radius 2 is 1.87 bits per heavy atom. The van der Waals surface area contributed by atoms with E-state index in [1.165, 1.54) is 22.3 Å². The third-order valence-corrected chi connectivity index (χ3v) is 6.80. The molecule has 1 amide bonds. The van der Waals surface area contributed by atoms with Crippen molar-refractivity contribution in [2.24, 2.45) is 5.92 Å². The van der Waals surface area contributed by atoms with Crippen molar-refractivity contribution in [3.8, 4) is 0 Å². The van der Waals surface area contributed by atoms with E-state index in [2.05, 4.69) is 77.8 Å². The highest BCUT2D eigenvalue weighted by Crippen LogP contribution is 2.49. The van der Waals surface area contributed by atoms with Gasteiger partial charge < -0.3 is 9.84 Å². The lowest BCUT2D eigenvalue weighted by Gasteiger charge is -2.22. The number of aromatic nitrogens is 1. The average Bonchev–Trinajstić information content (AvgIpc) is 3.44. The molecule has 0 unspecified atom stereocenters. The summed E-state index contributed by atoms with van der Waals surface area (Å²) in [4.78, 5) is 15.3. The lowest BCUT2D eigenvalue weighted by molar-refractivity contribution is 0.0914. The first kappa shape index (κ1) is 20.0. The van der Waals surface area contributed by atoms with Gasteiger partial charge >= 0.3 is 0 Å². The number of amides is 1. The molecule has 2 aromatic carbocycles. The van der Waals surface area contributed by atoms with Crippen LogP contribution in [0.1, 0.15) is 70.2 Å². The van der Waals surface area contributed by atoms with Crippen LogP contribution >= 0.6 is 0 Å². The number of aryl methyl sites for hydroxylation is 1. The Bertz CT molecular complexity index is 1090. The fraction of sp³-hybridized carbons (Fsp3) is 0.385. The number of likely N-dealkylation sites (tertiary alicyclic amines) is 1. The molecule has 0 bridgehead atoms. The number of fused-ring (bicyclic) bond motifs is 3. The number of hydrogen-bond donors (Lipinski definition) is 1. The predicted octanol–water partition coefficient (Wildman–Crippen LogP) is 4.81. The molecule has 160 valence electrons. The van der Waals surface area contributed by atoms with Crippen LogP contribution in [-0.2, 0) is 6.54 Å². The minimum absolute atomic E-state index is 0.000905. The van der Waals surface area contributed by atoms with Gasteiger partial charge in [0.25, 0.3) is 5.91 Å². The van der Waals surface area contributed by atoms with Crippen LogP contribution in [-0.4, -0.2) is 29.1 Å². The first-order valence-corrected chi connectivity index (χ1v) is 11.1. The van der Waals surface area contributed by atoms with Crippen molar-refractivity contribution >= 4 is 5.91 Å². The summed E-state index contributed by atoms with van der Waals surface area (Å²) >= 11 is 0. The maximum absolute atomic E-state index is 12.8. The van der Waals surface area contributed by atoms with Gasteiger partial charge in [0.05, 0.1) is 6.04 Å². The van der Waals surface area contributed by atoms with E-state index in [4.69, 9.17) is 4.52 Å². The van der Waals surface area contributed by atoms with Crippen molar-refractivity contribution in [1.29, 1.82) is 0 Å². The van der Waals surface area contributed by atoms with E-state index >= 15 is 0 Å². The quantitative estimate of drug-likeness (QED) is 0.650. The van der Waals surface area contributed by atoms with Crippen molar-refractivity contribution in [1.82, 2.24) is 15.4 Å². The number of carbonyl (C=O) groups excluding carboxylic acids is 1. The van der Waals surface area contributed by atoms with E-state index in [0.29, 0.717) is 29.2 Å². The molecular formula is C26H29N3O2. The number of hydrogen-bond acceptors (Lipinski definition) is 4. The second-order valence-electron chi connectivity index (χ2n) is 9.26. The summed E-state index contributed by atoms with van der Waals surface area (Å²) in [5, 5.41) is 7.14. The van der Waals surface area contributed by atoms with Crippen molar-refractivity contribution in [2.75, 3.05) is 13.1 Å². The Morgan fingerprint density at radius 1 is 1.13 bits per heavy atom. The second-order valence-corrected chi connectivity index (χ2v) is 9.26. The Morgan fingerprint density at radius 3 is 2.55 bits per heavy atom. The first-order valence-electron chi connectivity index (χ1n) is 11.1. The maximum Gasteiger partial charge on any atom is 0.273 e. The molecule has 0 spiro atoms. The summed E-state index contributed by atoms with van der Waals surface area (Å²) in [5.41, 5.74) is 5.68. The van der Waals surface area contributed by atoms with Crippen molar-refractivity contribution < 1.29 is 9.32 Å². The van der Waals surface area contributed by atoms with Gasteiger partial charge in [-0.3, -0.25) is 9.69 Å². The summed E-state index contributed by atoms with van der Waals surface area (Å²) in [6, 6.07) is 19.2. The Labute approximate surface area is 183 Å². The molecule has 1 aliphatic heterocycles. The smallest absolute Gasteiger partial charge is 0.273 e. The highest BCUT2D eigenvalue weighted by molar-refractivity contribution is 5.92. The van der Waals surface area contributed by atoms with Gasteiger partial charge in [-0.05, 0) is 35.1 Å². The normalized spacial score (nSPS) is 22.5. The minimum Gasteiger partial charge on any atom is -0.361 e. The third kappa shape index (κ3) is 3.79. The van der Waals surface area contributed by atoms with Crippen LogP contribution in [0.4, 0.5) is 0 Å². The van der Waals surface area contributed by atoms with Gasteiger partial charge in [-0.25, -0.2) is 0 Å². The molecule has 0 radical (unpaired) electrons. The van der Waals surface area contributed by atoms with Crippen LogP contribution in [0.25, 0.3) is 0 Å². The van der Waals surface area contributed by atoms with Gasteiger partial charge in [0.2, 0.25) is 0 Å². The number of nitrogens with zero attached hydrogens (tertiary/aromatic N) is 2. The van der Waals surface area contributed by atoms with E-state index in [9.17, 15) is 4.79 Å². The lowest BCUT2D eigenvalue weighted by atomic mass is 9.94.